The number of furan rings is 1. The molecule has 0 unspecified atom stereocenters. The van der Waals surface area contributed by atoms with Crippen LogP contribution in [-0.4, -0.2) is 24.1 Å². The van der Waals surface area contributed by atoms with Crippen molar-refractivity contribution in [1.82, 2.24) is 24.1 Å². The second-order valence-corrected chi connectivity index (χ2v) is 23.3. The first-order chi connectivity index (χ1) is 40.4. The van der Waals surface area contributed by atoms with E-state index in [0.29, 0.717) is 28.5 Å². The van der Waals surface area contributed by atoms with Gasteiger partial charge in [0, 0.05) is 34.0 Å². The number of nitrogens with zero attached hydrogens (tertiary/aromatic N) is 5. The van der Waals surface area contributed by atoms with Crippen molar-refractivity contribution in [1.29, 1.82) is 0 Å². The molecule has 8 heteroatoms. The normalized spacial score (nSPS) is 12.0. The zero-order valence-corrected chi connectivity index (χ0v) is 50.9. The molecular weight excluding hydrogens is 1210 g/mol. The molecule has 0 aliphatic heterocycles. The molecule has 0 fully saturated rings. The summed E-state index contributed by atoms with van der Waals surface area (Å²) in [6, 6.07) is 76.2. The molecule has 0 saturated carbocycles. The predicted molar refractivity (Wildman–Crippen MR) is 343 cm³/mol. The van der Waals surface area contributed by atoms with E-state index in [0.717, 1.165) is 88.6 Å². The summed E-state index contributed by atoms with van der Waals surface area (Å²) in [5, 5.41) is 4.91. The van der Waals surface area contributed by atoms with E-state index in [2.05, 4.69) is 266 Å². The first-order valence-corrected chi connectivity index (χ1v) is 29.1. The van der Waals surface area contributed by atoms with Crippen molar-refractivity contribution in [3.63, 3.8) is 0 Å². The van der Waals surface area contributed by atoms with Crippen molar-refractivity contribution in [2.45, 2.75) is 86.0 Å². The molecule has 7 nitrogen and oxygen atoms in total. The van der Waals surface area contributed by atoms with Crippen molar-refractivity contribution >= 4 is 65.7 Å². The standard InChI is InChI=1S/C76H63N5O2.Pt/c1-44(2)58-38-53(49-23-12-10-13-24-49)39-59(45(3)4)71(58)80-67-33-20-18-31-64(67)78-75(80)52-28-22-29-55(37-52)82-56-42-62-69-48(9)77-66-36-35-51-27-16-17-30-57(51)70(66)74(69)83-73(62)63(43-56)76-79-65-32-19-21-34-68(65)81(76)72-60(46(5)6)40-54(41-61(72)47(7)8)50-25-14-11-15-26-50;/h10-36,38-42,44-47H,1-9H3;/q-2;+2. The maximum absolute atomic E-state index is 7.41. The second-order valence-electron chi connectivity index (χ2n) is 23.3. The molecule has 0 atom stereocenters. The van der Waals surface area contributed by atoms with Gasteiger partial charge in [0.1, 0.15) is 5.58 Å². The largest absolute Gasteiger partial charge is 2.00 e. The number of hydrogen-bond donors (Lipinski definition) is 0. The van der Waals surface area contributed by atoms with Crippen LogP contribution in [-0.2, 0) is 21.1 Å². The van der Waals surface area contributed by atoms with Gasteiger partial charge in [0.2, 0.25) is 0 Å². The van der Waals surface area contributed by atoms with Crippen LogP contribution in [0.5, 0.6) is 11.5 Å². The number of imidazole rings is 2. The Morgan fingerprint density at radius 1 is 0.417 bits per heavy atom. The van der Waals surface area contributed by atoms with Crippen LogP contribution >= 0.6 is 0 Å². The minimum atomic E-state index is 0. The maximum Gasteiger partial charge on any atom is 2.00 e. The number of pyridine rings is 1. The van der Waals surface area contributed by atoms with Gasteiger partial charge in [-0.25, -0.2) is 0 Å². The van der Waals surface area contributed by atoms with Crippen molar-refractivity contribution in [2.24, 2.45) is 0 Å². The van der Waals surface area contributed by atoms with Gasteiger partial charge in [-0.1, -0.05) is 194 Å². The third kappa shape index (κ3) is 9.21. The van der Waals surface area contributed by atoms with Gasteiger partial charge in [-0.15, -0.1) is 23.8 Å². The molecule has 0 aliphatic carbocycles. The quantitative estimate of drug-likeness (QED) is 0.0900. The van der Waals surface area contributed by atoms with E-state index in [4.69, 9.17) is 24.1 Å². The number of ether oxygens (including phenoxy) is 1. The Kier molecular flexibility index (Phi) is 14.0. The Bertz CT molecular complexity index is 4800. The summed E-state index contributed by atoms with van der Waals surface area (Å²) in [6.07, 6.45) is 0. The molecule has 10 aromatic carbocycles. The average Bonchev–Trinajstić information content (AvgIpc) is 1.92. The summed E-state index contributed by atoms with van der Waals surface area (Å²) in [7, 11) is 0. The van der Waals surface area contributed by atoms with E-state index in [1.54, 1.807) is 0 Å². The number of para-hydroxylation sites is 4. The Hall–Kier alpha value is -8.90. The molecule has 14 aromatic rings. The molecule has 0 N–H and O–H groups in total. The topological polar surface area (TPSA) is 70.9 Å². The van der Waals surface area contributed by atoms with Gasteiger partial charge < -0.3 is 18.3 Å². The van der Waals surface area contributed by atoms with E-state index in [9.17, 15) is 0 Å². The Balaban J connectivity index is 0.00000658. The molecule has 414 valence electrons. The van der Waals surface area contributed by atoms with Gasteiger partial charge in [0.15, 0.2) is 0 Å². The average molecular weight is 1270 g/mol. The van der Waals surface area contributed by atoms with Crippen LogP contribution < -0.4 is 4.74 Å². The van der Waals surface area contributed by atoms with Crippen molar-refractivity contribution in [2.75, 3.05) is 0 Å². The summed E-state index contributed by atoms with van der Waals surface area (Å²) in [4.78, 5) is 16.3. The molecule has 0 bridgehead atoms. The fourth-order valence-corrected chi connectivity index (χ4v) is 12.5. The van der Waals surface area contributed by atoms with Gasteiger partial charge in [0.25, 0.3) is 0 Å². The summed E-state index contributed by atoms with van der Waals surface area (Å²) < 4.78 is 19.3. The number of benzene rings is 10. The van der Waals surface area contributed by atoms with Crippen molar-refractivity contribution < 1.29 is 30.2 Å². The first-order valence-electron chi connectivity index (χ1n) is 29.1. The van der Waals surface area contributed by atoms with E-state index >= 15 is 0 Å². The molecule has 0 aliphatic rings. The van der Waals surface area contributed by atoms with Crippen LogP contribution in [0.1, 0.15) is 107 Å². The van der Waals surface area contributed by atoms with Gasteiger partial charge >= 0.3 is 21.1 Å². The second kappa shape index (κ2) is 21.7. The van der Waals surface area contributed by atoms with Crippen molar-refractivity contribution in [3.8, 4) is 67.9 Å². The van der Waals surface area contributed by atoms with Crippen LogP contribution in [0.25, 0.3) is 122 Å². The zero-order chi connectivity index (χ0) is 56.8. The molecular formula is C76H63N5O2Pt. The van der Waals surface area contributed by atoms with Crippen LogP contribution in [0.3, 0.4) is 0 Å². The Morgan fingerprint density at radius 2 is 0.929 bits per heavy atom. The van der Waals surface area contributed by atoms with Gasteiger partial charge in [-0.05, 0) is 146 Å². The Morgan fingerprint density at radius 3 is 1.50 bits per heavy atom. The van der Waals surface area contributed by atoms with Crippen LogP contribution in [0.2, 0.25) is 0 Å². The number of fused-ring (bicyclic) bond motifs is 9. The predicted octanol–water partition coefficient (Wildman–Crippen LogP) is 20.8. The molecule has 0 radical (unpaired) electrons. The van der Waals surface area contributed by atoms with Crippen LogP contribution in [0.4, 0.5) is 0 Å². The fourth-order valence-electron chi connectivity index (χ4n) is 12.5. The molecule has 0 saturated heterocycles. The molecule has 14 rings (SSSR count). The number of aromatic nitrogens is 5. The minimum Gasteiger partial charge on any atom is -0.500 e. The molecule has 0 spiro atoms. The summed E-state index contributed by atoms with van der Waals surface area (Å²) in [6.45, 7) is 20.4. The van der Waals surface area contributed by atoms with Crippen LogP contribution in [0, 0.1) is 19.1 Å². The summed E-state index contributed by atoms with van der Waals surface area (Å²) in [5.41, 5.74) is 20.3. The number of hydrogen-bond acceptors (Lipinski definition) is 5. The smallest absolute Gasteiger partial charge is 0.500 e. The van der Waals surface area contributed by atoms with E-state index < -0.39 is 0 Å². The summed E-state index contributed by atoms with van der Waals surface area (Å²) in [5.74, 6) is 3.23. The molecule has 4 heterocycles. The van der Waals surface area contributed by atoms with Gasteiger partial charge in [-0.2, -0.15) is 0 Å². The minimum absolute atomic E-state index is 0. The third-order valence-electron chi connectivity index (χ3n) is 16.5. The fraction of sp³-hybridized carbons (Fsp3) is 0.171. The Labute approximate surface area is 504 Å². The van der Waals surface area contributed by atoms with Gasteiger partial charge in [0.05, 0.1) is 50.2 Å². The van der Waals surface area contributed by atoms with E-state index in [1.807, 2.05) is 12.1 Å². The third-order valence-corrected chi connectivity index (χ3v) is 16.5. The molecule has 84 heavy (non-hydrogen) atoms. The van der Waals surface area contributed by atoms with Gasteiger partial charge in [-0.3, -0.25) is 15.0 Å². The number of aryl methyl sites for hydroxylation is 1. The van der Waals surface area contributed by atoms with E-state index in [-0.39, 0.29) is 44.7 Å². The molecule has 4 aromatic heterocycles. The maximum atomic E-state index is 7.41. The SMILES string of the molecule is Cc1nc2ccc3ccccc3c2c2oc3c(-c4nc5ccccc5n4-c4c(C(C)C)cc(-c5ccccc5)cc4C(C)C)[c-]c(Oc4[c-]c(-c5nc6ccccc6n5-c5c(C(C)C)cc(-c6ccccc6)cc5C(C)C)ccc4)cc3c12.[Pt+2]. The van der Waals surface area contributed by atoms with Crippen molar-refractivity contribution in [3.05, 3.63) is 234 Å². The zero-order valence-electron chi connectivity index (χ0n) is 48.7. The first kappa shape index (κ1) is 54.4. The summed E-state index contributed by atoms with van der Waals surface area (Å²) >= 11 is 0. The number of rotatable bonds is 12. The molecule has 0 amide bonds. The monoisotopic (exact) mass is 1270 g/mol. The van der Waals surface area contributed by atoms with Crippen LogP contribution in [0.15, 0.2) is 199 Å². The van der Waals surface area contributed by atoms with E-state index in [1.165, 1.54) is 44.5 Å².